The van der Waals surface area contributed by atoms with E-state index in [1.54, 1.807) is 6.92 Å². The summed E-state index contributed by atoms with van der Waals surface area (Å²) in [6.07, 6.45) is 4.94. The van der Waals surface area contributed by atoms with Crippen LogP contribution in [0.4, 0.5) is 0 Å². The van der Waals surface area contributed by atoms with Crippen LogP contribution in [-0.4, -0.2) is 29.2 Å². The fraction of sp³-hybridized carbons (Fsp3) is 0.526. The number of hydrogen-bond acceptors (Lipinski definition) is 4. The van der Waals surface area contributed by atoms with Crippen molar-refractivity contribution in [2.24, 2.45) is 4.99 Å². The highest BCUT2D eigenvalue weighted by atomic mass is 79.9. The molecule has 2 aromatic rings. The monoisotopic (exact) mass is 419 g/mol. The van der Waals surface area contributed by atoms with Crippen molar-refractivity contribution < 1.29 is 4.52 Å². The topological polar surface area (TPSA) is 75.3 Å². The van der Waals surface area contributed by atoms with Crippen molar-refractivity contribution in [3.05, 3.63) is 46.0 Å². The van der Waals surface area contributed by atoms with Crippen LogP contribution in [0, 0.1) is 6.92 Å². The minimum Gasteiger partial charge on any atom is -0.357 e. The summed E-state index contributed by atoms with van der Waals surface area (Å²) in [5.41, 5.74) is 1.56. The van der Waals surface area contributed by atoms with E-state index in [2.05, 4.69) is 72.9 Å². The van der Waals surface area contributed by atoms with Crippen LogP contribution in [0.25, 0.3) is 0 Å². The maximum Gasteiger partial charge on any atom is 0.223 e. The Morgan fingerprint density at radius 1 is 1.23 bits per heavy atom. The minimum absolute atomic E-state index is 0.166. The Bertz CT molecular complexity index is 735. The van der Waals surface area contributed by atoms with Gasteiger partial charge in [0, 0.05) is 29.9 Å². The standard InChI is InChI=1S/C19H26BrN5O/c1-3-21-18(22-12-17-24-14(2)26-25-17)23-13-19(10-4-5-11-19)15-6-8-16(20)9-7-15/h6-9H,3-5,10-13H2,1-2H3,(H2,21,22,23). The van der Waals surface area contributed by atoms with E-state index in [4.69, 9.17) is 4.52 Å². The molecule has 7 heteroatoms. The van der Waals surface area contributed by atoms with Gasteiger partial charge in [0.05, 0.1) is 0 Å². The fourth-order valence-electron chi connectivity index (χ4n) is 3.57. The molecule has 0 saturated heterocycles. The van der Waals surface area contributed by atoms with Gasteiger partial charge in [-0.3, -0.25) is 0 Å². The van der Waals surface area contributed by atoms with Crippen molar-refractivity contribution in [1.29, 1.82) is 0 Å². The van der Waals surface area contributed by atoms with Crippen LogP contribution in [0.2, 0.25) is 0 Å². The molecule has 1 aliphatic carbocycles. The molecular weight excluding hydrogens is 394 g/mol. The number of aryl methyl sites for hydroxylation is 1. The van der Waals surface area contributed by atoms with Gasteiger partial charge in [-0.15, -0.1) is 0 Å². The van der Waals surface area contributed by atoms with Crippen molar-refractivity contribution in [2.75, 3.05) is 13.1 Å². The Labute approximate surface area is 163 Å². The highest BCUT2D eigenvalue weighted by Crippen LogP contribution is 2.40. The number of halogens is 1. The molecule has 0 unspecified atom stereocenters. The first-order valence-electron chi connectivity index (χ1n) is 9.19. The second-order valence-corrected chi connectivity index (χ2v) is 7.69. The lowest BCUT2D eigenvalue weighted by atomic mass is 9.79. The predicted molar refractivity (Wildman–Crippen MR) is 106 cm³/mol. The first-order chi connectivity index (χ1) is 12.6. The Morgan fingerprint density at radius 3 is 2.58 bits per heavy atom. The highest BCUT2D eigenvalue weighted by molar-refractivity contribution is 9.10. The zero-order chi connectivity index (χ0) is 18.4. The summed E-state index contributed by atoms with van der Waals surface area (Å²) in [6, 6.07) is 8.74. The zero-order valence-corrected chi connectivity index (χ0v) is 17.0. The highest BCUT2D eigenvalue weighted by Gasteiger charge is 2.35. The summed E-state index contributed by atoms with van der Waals surface area (Å²) in [4.78, 5) is 8.80. The van der Waals surface area contributed by atoms with Crippen molar-refractivity contribution in [3.8, 4) is 0 Å². The third-order valence-electron chi connectivity index (χ3n) is 4.90. The first-order valence-corrected chi connectivity index (χ1v) is 9.98. The van der Waals surface area contributed by atoms with Crippen molar-refractivity contribution in [3.63, 3.8) is 0 Å². The molecule has 1 saturated carbocycles. The van der Waals surface area contributed by atoms with Crippen LogP contribution >= 0.6 is 15.9 Å². The summed E-state index contributed by atoms with van der Waals surface area (Å²) in [5.74, 6) is 1.95. The molecule has 0 radical (unpaired) electrons. The summed E-state index contributed by atoms with van der Waals surface area (Å²) in [6.45, 7) is 5.92. The molecule has 0 aliphatic heterocycles. The van der Waals surface area contributed by atoms with E-state index in [0.717, 1.165) is 23.5 Å². The number of aliphatic imine (C=N–C) groups is 1. The number of guanidine groups is 1. The van der Waals surface area contributed by atoms with Crippen LogP contribution in [0.3, 0.4) is 0 Å². The molecule has 1 aromatic heterocycles. The average molecular weight is 420 g/mol. The van der Waals surface area contributed by atoms with Gasteiger partial charge < -0.3 is 15.2 Å². The molecule has 0 amide bonds. The molecule has 1 heterocycles. The van der Waals surface area contributed by atoms with E-state index in [9.17, 15) is 0 Å². The van der Waals surface area contributed by atoms with Crippen molar-refractivity contribution in [2.45, 2.75) is 51.5 Å². The van der Waals surface area contributed by atoms with E-state index in [1.807, 2.05) is 0 Å². The Kier molecular flexibility index (Phi) is 6.29. The van der Waals surface area contributed by atoms with Gasteiger partial charge in [0.1, 0.15) is 6.54 Å². The molecule has 6 nitrogen and oxygen atoms in total. The summed E-state index contributed by atoms with van der Waals surface area (Å²) >= 11 is 3.53. The molecule has 0 atom stereocenters. The molecule has 3 rings (SSSR count). The van der Waals surface area contributed by atoms with Gasteiger partial charge in [-0.25, -0.2) is 4.99 Å². The van der Waals surface area contributed by atoms with E-state index in [-0.39, 0.29) is 5.41 Å². The second kappa shape index (κ2) is 8.66. The Balaban J connectivity index is 1.70. The minimum atomic E-state index is 0.166. The molecule has 0 bridgehead atoms. The number of nitrogens with one attached hydrogen (secondary N) is 2. The lowest BCUT2D eigenvalue weighted by Gasteiger charge is -2.31. The lowest BCUT2D eigenvalue weighted by Crippen LogP contribution is -2.44. The van der Waals surface area contributed by atoms with Crippen LogP contribution < -0.4 is 10.6 Å². The summed E-state index contributed by atoms with van der Waals surface area (Å²) < 4.78 is 6.12. The molecular formula is C19H26BrN5O. The number of hydrogen-bond donors (Lipinski definition) is 2. The maximum atomic E-state index is 5.01. The van der Waals surface area contributed by atoms with Crippen LogP contribution in [0.5, 0.6) is 0 Å². The van der Waals surface area contributed by atoms with Crippen LogP contribution in [0.1, 0.15) is 49.9 Å². The Morgan fingerprint density at radius 2 is 1.96 bits per heavy atom. The van der Waals surface area contributed by atoms with E-state index in [1.165, 1.54) is 31.2 Å². The van der Waals surface area contributed by atoms with E-state index >= 15 is 0 Å². The predicted octanol–water partition coefficient (Wildman–Crippen LogP) is 3.71. The smallest absolute Gasteiger partial charge is 0.223 e. The SMILES string of the molecule is CCNC(=NCc1noc(C)n1)NCC1(c2ccc(Br)cc2)CCCC1. The molecule has 0 spiro atoms. The zero-order valence-electron chi connectivity index (χ0n) is 15.4. The number of aromatic nitrogens is 2. The van der Waals surface area contributed by atoms with Gasteiger partial charge in [-0.2, -0.15) is 4.98 Å². The van der Waals surface area contributed by atoms with Crippen LogP contribution in [0.15, 0.2) is 38.3 Å². The third-order valence-corrected chi connectivity index (χ3v) is 5.43. The molecule has 1 fully saturated rings. The molecule has 1 aromatic carbocycles. The quantitative estimate of drug-likeness (QED) is 0.551. The fourth-order valence-corrected chi connectivity index (χ4v) is 3.84. The van der Waals surface area contributed by atoms with Crippen LogP contribution in [-0.2, 0) is 12.0 Å². The van der Waals surface area contributed by atoms with E-state index in [0.29, 0.717) is 18.3 Å². The third kappa shape index (κ3) is 4.63. The normalized spacial score (nSPS) is 16.7. The van der Waals surface area contributed by atoms with E-state index < -0.39 is 0 Å². The number of nitrogens with zero attached hydrogens (tertiary/aromatic N) is 3. The first kappa shape index (κ1) is 18.9. The maximum absolute atomic E-state index is 5.01. The van der Waals surface area contributed by atoms with Crippen molar-refractivity contribution >= 4 is 21.9 Å². The van der Waals surface area contributed by atoms with Crippen molar-refractivity contribution in [1.82, 2.24) is 20.8 Å². The summed E-state index contributed by atoms with van der Waals surface area (Å²) in [7, 11) is 0. The second-order valence-electron chi connectivity index (χ2n) is 6.77. The molecule has 140 valence electrons. The van der Waals surface area contributed by atoms with Gasteiger partial charge in [0.2, 0.25) is 5.89 Å². The Hall–Kier alpha value is -1.89. The molecule has 26 heavy (non-hydrogen) atoms. The van der Waals surface area contributed by atoms with Gasteiger partial charge >= 0.3 is 0 Å². The van der Waals surface area contributed by atoms with Gasteiger partial charge in [-0.05, 0) is 37.5 Å². The van der Waals surface area contributed by atoms with Gasteiger partial charge in [-0.1, -0.05) is 46.1 Å². The molecule has 1 aliphatic rings. The lowest BCUT2D eigenvalue weighted by molar-refractivity contribution is 0.387. The summed E-state index contributed by atoms with van der Waals surface area (Å²) in [5, 5.41) is 10.7. The average Bonchev–Trinajstić information content (AvgIpc) is 3.28. The largest absolute Gasteiger partial charge is 0.357 e. The van der Waals surface area contributed by atoms with Gasteiger partial charge in [0.25, 0.3) is 0 Å². The molecule has 2 N–H and O–H groups in total. The number of rotatable bonds is 6. The number of benzene rings is 1. The van der Waals surface area contributed by atoms with Gasteiger partial charge in [0.15, 0.2) is 11.8 Å².